The van der Waals surface area contributed by atoms with Crippen LogP contribution >= 0.6 is 15.9 Å². The molecule has 7 heteroatoms. The van der Waals surface area contributed by atoms with Gasteiger partial charge in [0.25, 0.3) is 0 Å². The van der Waals surface area contributed by atoms with Crippen molar-refractivity contribution in [3.8, 4) is 17.7 Å². The second-order valence-corrected chi connectivity index (χ2v) is 8.60. The zero-order valence-electron chi connectivity index (χ0n) is 16.7. The van der Waals surface area contributed by atoms with Crippen molar-refractivity contribution < 1.29 is 4.74 Å². The third-order valence-electron chi connectivity index (χ3n) is 6.05. The summed E-state index contributed by atoms with van der Waals surface area (Å²) >= 11 is 3.69. The number of nitrogens with zero attached hydrogens (tertiary/aromatic N) is 2. The molecule has 0 aliphatic carbocycles. The third-order valence-corrected chi connectivity index (χ3v) is 6.77. The van der Waals surface area contributed by atoms with Gasteiger partial charge in [-0.25, -0.2) is 0 Å². The van der Waals surface area contributed by atoms with E-state index in [1.165, 1.54) is 0 Å². The van der Waals surface area contributed by atoms with Gasteiger partial charge in [0.15, 0.2) is 0 Å². The highest BCUT2D eigenvalue weighted by molar-refractivity contribution is 9.10. The number of nitrogens with one attached hydrogen (secondary N) is 1. The maximum Gasteiger partial charge on any atom is 0.227 e. The van der Waals surface area contributed by atoms with Crippen molar-refractivity contribution in [1.82, 2.24) is 9.97 Å². The molecule has 5 N–H and O–H groups in total. The van der Waals surface area contributed by atoms with Gasteiger partial charge in [-0.1, -0.05) is 58.4 Å². The summed E-state index contributed by atoms with van der Waals surface area (Å²) in [4.78, 5) is 7.91. The number of aromatic nitrogens is 2. The Kier molecular flexibility index (Phi) is 3.94. The van der Waals surface area contributed by atoms with Crippen LogP contribution < -0.4 is 16.2 Å². The Morgan fingerprint density at radius 2 is 1.75 bits per heavy atom. The summed E-state index contributed by atoms with van der Waals surface area (Å²) in [6.45, 7) is 0. The summed E-state index contributed by atoms with van der Waals surface area (Å²) < 4.78 is 7.32. The molecule has 1 aliphatic heterocycles. The van der Waals surface area contributed by atoms with E-state index < -0.39 is 0 Å². The highest BCUT2D eigenvalue weighted by atomic mass is 79.9. The number of fused-ring (bicyclic) bond motifs is 6. The molecule has 3 heterocycles. The standard InChI is InChI=1S/C25H16BrN5O/c26-16-7-3-1-5-12(16)19-14-9-10-18-20(13-6-2-4-8-17(13)30-18)23(14)32-25-21(19)22(28)15(11-27)24(29)31-25/h1-10,19,30H,(H4,28,29,31). The number of halogens is 1. The minimum absolute atomic E-state index is 0.0594. The maximum absolute atomic E-state index is 9.64. The van der Waals surface area contributed by atoms with Gasteiger partial charge in [-0.2, -0.15) is 10.2 Å². The zero-order chi connectivity index (χ0) is 22.0. The van der Waals surface area contributed by atoms with Crippen molar-refractivity contribution in [2.24, 2.45) is 0 Å². The molecular formula is C25H16BrN5O. The van der Waals surface area contributed by atoms with Gasteiger partial charge in [-0.15, -0.1) is 0 Å². The average Bonchev–Trinajstić information content (AvgIpc) is 3.17. The lowest BCUT2D eigenvalue weighted by Gasteiger charge is -2.30. The Bertz CT molecular complexity index is 1620. The number of ether oxygens (including phenoxy) is 1. The number of anilines is 2. The largest absolute Gasteiger partial charge is 0.437 e. The van der Waals surface area contributed by atoms with Crippen molar-refractivity contribution in [2.75, 3.05) is 11.5 Å². The molecule has 0 spiro atoms. The molecule has 32 heavy (non-hydrogen) atoms. The van der Waals surface area contributed by atoms with Crippen molar-refractivity contribution in [3.05, 3.63) is 87.4 Å². The Morgan fingerprint density at radius 3 is 2.56 bits per heavy atom. The summed E-state index contributed by atoms with van der Waals surface area (Å²) in [5.74, 6) is 0.806. The first kappa shape index (κ1) is 18.7. The van der Waals surface area contributed by atoms with Gasteiger partial charge in [0.1, 0.15) is 23.2 Å². The number of rotatable bonds is 1. The summed E-state index contributed by atoms with van der Waals surface area (Å²) in [7, 11) is 0. The normalized spacial score (nSPS) is 14.6. The molecule has 0 saturated heterocycles. The van der Waals surface area contributed by atoms with Gasteiger partial charge >= 0.3 is 0 Å². The molecule has 1 aliphatic rings. The third kappa shape index (κ3) is 2.47. The van der Waals surface area contributed by atoms with Gasteiger partial charge < -0.3 is 21.2 Å². The number of nitrogens with two attached hydrogens (primary N) is 2. The number of benzene rings is 3. The molecule has 1 unspecified atom stereocenters. The van der Waals surface area contributed by atoms with Crippen molar-refractivity contribution in [3.63, 3.8) is 0 Å². The van der Waals surface area contributed by atoms with Crippen LogP contribution in [0.25, 0.3) is 21.8 Å². The SMILES string of the molecule is N#Cc1c(N)nc2c(c1N)C(c1ccccc1Br)c1ccc3[nH]c4ccccc4c3c1O2. The maximum atomic E-state index is 9.64. The molecule has 6 rings (SSSR count). The van der Waals surface area contributed by atoms with Crippen LogP contribution in [-0.4, -0.2) is 9.97 Å². The molecule has 5 aromatic rings. The van der Waals surface area contributed by atoms with E-state index in [-0.39, 0.29) is 17.3 Å². The van der Waals surface area contributed by atoms with Crippen LogP contribution in [0.2, 0.25) is 0 Å². The molecule has 2 aromatic heterocycles. The molecule has 0 fully saturated rings. The van der Waals surface area contributed by atoms with E-state index in [4.69, 9.17) is 16.2 Å². The van der Waals surface area contributed by atoms with Gasteiger partial charge in [-0.05, 0) is 23.8 Å². The number of pyridine rings is 1. The van der Waals surface area contributed by atoms with Gasteiger partial charge in [0.2, 0.25) is 5.88 Å². The van der Waals surface area contributed by atoms with E-state index in [2.05, 4.69) is 44.1 Å². The minimum atomic E-state index is -0.289. The number of hydrogen-bond donors (Lipinski definition) is 3. The van der Waals surface area contributed by atoms with Crippen LogP contribution in [0.15, 0.2) is 65.1 Å². The molecule has 3 aromatic carbocycles. The first-order chi connectivity index (χ1) is 15.6. The second-order valence-electron chi connectivity index (χ2n) is 7.75. The van der Waals surface area contributed by atoms with Crippen LogP contribution in [0.5, 0.6) is 11.6 Å². The predicted octanol–water partition coefficient (Wildman–Crippen LogP) is 5.80. The highest BCUT2D eigenvalue weighted by Crippen LogP contribution is 2.54. The Morgan fingerprint density at radius 1 is 0.969 bits per heavy atom. The minimum Gasteiger partial charge on any atom is -0.437 e. The van der Waals surface area contributed by atoms with E-state index in [0.29, 0.717) is 22.9 Å². The lowest BCUT2D eigenvalue weighted by atomic mass is 9.81. The lowest BCUT2D eigenvalue weighted by molar-refractivity contribution is 0.441. The molecule has 1 atom stereocenters. The topological polar surface area (TPSA) is 114 Å². The number of hydrogen-bond acceptors (Lipinski definition) is 5. The molecule has 154 valence electrons. The lowest BCUT2D eigenvalue weighted by Crippen LogP contribution is -2.17. The highest BCUT2D eigenvalue weighted by Gasteiger charge is 2.36. The first-order valence-corrected chi connectivity index (χ1v) is 10.8. The van der Waals surface area contributed by atoms with Gasteiger partial charge in [0.05, 0.1) is 22.2 Å². The smallest absolute Gasteiger partial charge is 0.227 e. The van der Waals surface area contributed by atoms with Gasteiger partial charge in [-0.3, -0.25) is 0 Å². The summed E-state index contributed by atoms with van der Waals surface area (Å²) in [6, 6.07) is 22.3. The number of aromatic amines is 1. The van der Waals surface area contributed by atoms with E-state index >= 15 is 0 Å². The van der Waals surface area contributed by atoms with Crippen molar-refractivity contribution in [1.29, 1.82) is 5.26 Å². The van der Waals surface area contributed by atoms with Crippen LogP contribution in [0.4, 0.5) is 11.5 Å². The van der Waals surface area contributed by atoms with Gasteiger partial charge in [0, 0.05) is 26.9 Å². The second kappa shape index (κ2) is 6.74. The molecular weight excluding hydrogens is 466 g/mol. The number of para-hydroxylation sites is 1. The van der Waals surface area contributed by atoms with E-state index in [1.54, 1.807) is 0 Å². The predicted molar refractivity (Wildman–Crippen MR) is 129 cm³/mol. The molecule has 0 bridgehead atoms. The quantitative estimate of drug-likeness (QED) is 0.274. The zero-order valence-corrected chi connectivity index (χ0v) is 18.3. The number of nitrogen functional groups attached to an aromatic ring is 2. The van der Waals surface area contributed by atoms with E-state index in [1.807, 2.05) is 48.5 Å². The molecule has 0 saturated carbocycles. The number of H-pyrrole nitrogens is 1. The molecule has 0 radical (unpaired) electrons. The van der Waals surface area contributed by atoms with Crippen LogP contribution in [0, 0.1) is 11.3 Å². The Labute approximate surface area is 191 Å². The van der Waals surface area contributed by atoms with E-state index in [9.17, 15) is 5.26 Å². The summed E-state index contributed by atoms with van der Waals surface area (Å²) in [5, 5.41) is 11.7. The average molecular weight is 482 g/mol. The fraction of sp³-hybridized carbons (Fsp3) is 0.0400. The number of nitriles is 1. The first-order valence-electron chi connectivity index (χ1n) is 10.0. The van der Waals surface area contributed by atoms with Crippen molar-refractivity contribution in [2.45, 2.75) is 5.92 Å². The van der Waals surface area contributed by atoms with Crippen LogP contribution in [-0.2, 0) is 0 Å². The fourth-order valence-electron chi connectivity index (χ4n) is 4.63. The van der Waals surface area contributed by atoms with Crippen molar-refractivity contribution >= 4 is 49.2 Å². The Balaban J connectivity index is 1.76. The fourth-order valence-corrected chi connectivity index (χ4v) is 5.15. The molecule has 6 nitrogen and oxygen atoms in total. The van der Waals surface area contributed by atoms with Crippen LogP contribution in [0.3, 0.4) is 0 Å². The van der Waals surface area contributed by atoms with E-state index in [0.717, 1.165) is 37.4 Å². The summed E-state index contributed by atoms with van der Waals surface area (Å²) in [6.07, 6.45) is 0. The Hall–Kier alpha value is -4.02. The monoisotopic (exact) mass is 481 g/mol. The van der Waals surface area contributed by atoms with Crippen LogP contribution in [0.1, 0.15) is 28.2 Å². The molecule has 0 amide bonds. The summed E-state index contributed by atoms with van der Waals surface area (Å²) in [5.41, 5.74) is 17.6.